The molecule has 1 rings (SSSR count). The van der Waals surface area contributed by atoms with E-state index < -0.39 is 0 Å². The van der Waals surface area contributed by atoms with Gasteiger partial charge in [-0.25, -0.2) is 0 Å². The summed E-state index contributed by atoms with van der Waals surface area (Å²) in [4.78, 5) is 14.5. The van der Waals surface area contributed by atoms with Crippen LogP contribution in [0.5, 0.6) is 0 Å². The molecule has 3 heteroatoms. The molecule has 13 heavy (non-hydrogen) atoms. The van der Waals surface area contributed by atoms with E-state index in [1.54, 1.807) is 0 Å². The molecule has 1 N–H and O–H groups in total. The molecule has 3 nitrogen and oxygen atoms in total. The van der Waals surface area contributed by atoms with Gasteiger partial charge in [0.05, 0.1) is 0 Å². The Kier molecular flexibility index (Phi) is 3.70. The van der Waals surface area contributed by atoms with Crippen molar-refractivity contribution in [1.29, 1.82) is 0 Å². The number of amides is 1. The zero-order valence-corrected chi connectivity index (χ0v) is 7.36. The molecule has 0 heterocycles. The van der Waals surface area contributed by atoms with Crippen molar-refractivity contribution in [2.45, 2.75) is 6.54 Å². The minimum Gasteiger partial charge on any atom is -0.350 e. The second kappa shape index (κ2) is 5.09. The smallest absolute Gasteiger partial charge is 0.241 e. The monoisotopic (exact) mass is 176 g/mol. The van der Waals surface area contributed by atoms with Gasteiger partial charge in [0.25, 0.3) is 0 Å². The molecule has 0 radical (unpaired) electrons. The quantitative estimate of drug-likeness (QED) is 0.683. The zero-order valence-electron chi connectivity index (χ0n) is 7.36. The van der Waals surface area contributed by atoms with Gasteiger partial charge < -0.3 is 5.32 Å². The topological polar surface area (TPSA) is 41.5 Å². The van der Waals surface area contributed by atoms with Crippen molar-refractivity contribution >= 4 is 12.6 Å². The Hall–Kier alpha value is -1.64. The van der Waals surface area contributed by atoms with Crippen molar-refractivity contribution in [3.8, 4) is 0 Å². The van der Waals surface area contributed by atoms with Crippen LogP contribution in [0.1, 0.15) is 5.56 Å². The standard InChI is InChI=1S/C10H12N2O/c1-11-8-10(13)12-7-9-5-3-2-4-6-9/h2-6H,1,7-8H2,(H,12,13). The lowest BCUT2D eigenvalue weighted by Gasteiger charge is -2.02. The maximum Gasteiger partial charge on any atom is 0.241 e. The Morgan fingerprint density at radius 3 is 2.69 bits per heavy atom. The van der Waals surface area contributed by atoms with Crippen molar-refractivity contribution in [2.24, 2.45) is 4.99 Å². The second-order valence-corrected chi connectivity index (χ2v) is 2.64. The van der Waals surface area contributed by atoms with E-state index in [-0.39, 0.29) is 12.5 Å². The highest BCUT2D eigenvalue weighted by molar-refractivity contribution is 5.78. The Labute approximate surface area is 77.5 Å². The molecular weight excluding hydrogens is 164 g/mol. The van der Waals surface area contributed by atoms with Gasteiger partial charge in [-0.1, -0.05) is 30.3 Å². The third-order valence-corrected chi connectivity index (χ3v) is 1.59. The number of nitrogens with zero attached hydrogens (tertiary/aromatic N) is 1. The highest BCUT2D eigenvalue weighted by Crippen LogP contribution is 1.96. The van der Waals surface area contributed by atoms with E-state index in [0.717, 1.165) is 5.56 Å². The fourth-order valence-corrected chi connectivity index (χ4v) is 0.954. The normalized spacial score (nSPS) is 9.23. The van der Waals surface area contributed by atoms with Crippen LogP contribution < -0.4 is 5.32 Å². The minimum absolute atomic E-state index is 0.0983. The maximum atomic E-state index is 11.0. The van der Waals surface area contributed by atoms with Crippen LogP contribution in [0.25, 0.3) is 0 Å². The third-order valence-electron chi connectivity index (χ3n) is 1.59. The summed E-state index contributed by atoms with van der Waals surface area (Å²) in [5.41, 5.74) is 1.08. The van der Waals surface area contributed by atoms with Crippen LogP contribution >= 0.6 is 0 Å². The van der Waals surface area contributed by atoms with Crippen molar-refractivity contribution in [1.82, 2.24) is 5.32 Å². The zero-order chi connectivity index (χ0) is 9.52. The summed E-state index contributed by atoms with van der Waals surface area (Å²) in [6, 6.07) is 9.74. The molecule has 0 saturated heterocycles. The molecule has 0 aliphatic heterocycles. The van der Waals surface area contributed by atoms with Crippen LogP contribution in [0.4, 0.5) is 0 Å². The molecule has 1 aromatic rings. The summed E-state index contributed by atoms with van der Waals surface area (Å²) in [6.07, 6.45) is 0. The molecule has 0 bridgehead atoms. The first-order chi connectivity index (χ1) is 6.33. The maximum absolute atomic E-state index is 11.0. The van der Waals surface area contributed by atoms with E-state index in [1.165, 1.54) is 0 Å². The summed E-state index contributed by atoms with van der Waals surface area (Å²) in [5, 5.41) is 2.73. The van der Waals surface area contributed by atoms with Gasteiger partial charge in [0.15, 0.2) is 0 Å². The number of hydrogen-bond donors (Lipinski definition) is 1. The summed E-state index contributed by atoms with van der Waals surface area (Å²) >= 11 is 0. The van der Waals surface area contributed by atoms with Crippen LogP contribution in [0.3, 0.4) is 0 Å². The average Bonchev–Trinajstić information content (AvgIpc) is 2.17. The number of carbonyl (C=O) groups excluding carboxylic acids is 1. The van der Waals surface area contributed by atoms with Gasteiger partial charge in [0, 0.05) is 6.54 Å². The third kappa shape index (κ3) is 3.51. The van der Waals surface area contributed by atoms with Crippen molar-refractivity contribution in [3.63, 3.8) is 0 Å². The molecule has 1 amide bonds. The summed E-state index contributed by atoms with van der Waals surface area (Å²) in [7, 11) is 0. The lowest BCUT2D eigenvalue weighted by atomic mass is 10.2. The van der Waals surface area contributed by atoms with E-state index in [2.05, 4.69) is 17.0 Å². The Balaban J connectivity index is 2.35. The predicted octanol–water partition coefficient (Wildman–Crippen LogP) is 1.00. The first kappa shape index (κ1) is 9.45. The summed E-state index contributed by atoms with van der Waals surface area (Å²) < 4.78 is 0. The van der Waals surface area contributed by atoms with Gasteiger partial charge in [-0.05, 0) is 12.3 Å². The van der Waals surface area contributed by atoms with Crippen LogP contribution in [0.2, 0.25) is 0 Å². The number of carbonyl (C=O) groups is 1. The molecular formula is C10H12N2O. The molecule has 0 fully saturated rings. The van der Waals surface area contributed by atoms with Gasteiger partial charge in [0.2, 0.25) is 5.91 Å². The van der Waals surface area contributed by atoms with Gasteiger partial charge in [0.1, 0.15) is 6.54 Å². The van der Waals surface area contributed by atoms with Crippen LogP contribution in [0, 0.1) is 0 Å². The predicted molar refractivity (Wildman–Crippen MR) is 52.7 cm³/mol. The lowest BCUT2D eigenvalue weighted by molar-refractivity contribution is -0.119. The van der Waals surface area contributed by atoms with E-state index in [1.807, 2.05) is 30.3 Å². The Morgan fingerprint density at radius 1 is 1.38 bits per heavy atom. The lowest BCUT2D eigenvalue weighted by Crippen LogP contribution is -2.24. The van der Waals surface area contributed by atoms with Gasteiger partial charge in [-0.15, -0.1) is 0 Å². The molecule has 0 aromatic heterocycles. The minimum atomic E-state index is -0.0983. The SMILES string of the molecule is C=NCC(=O)NCc1ccccc1. The fraction of sp³-hybridized carbons (Fsp3) is 0.200. The molecule has 0 unspecified atom stereocenters. The average molecular weight is 176 g/mol. The van der Waals surface area contributed by atoms with E-state index >= 15 is 0 Å². The highest BCUT2D eigenvalue weighted by atomic mass is 16.1. The molecule has 0 saturated carbocycles. The largest absolute Gasteiger partial charge is 0.350 e. The molecule has 0 atom stereocenters. The first-order valence-corrected chi connectivity index (χ1v) is 4.06. The van der Waals surface area contributed by atoms with Gasteiger partial charge in [-0.2, -0.15) is 0 Å². The summed E-state index contributed by atoms with van der Waals surface area (Å²) in [5.74, 6) is -0.0983. The molecule has 0 aliphatic carbocycles. The number of aliphatic imine (C=N–C) groups is 1. The van der Waals surface area contributed by atoms with Crippen LogP contribution in [0.15, 0.2) is 35.3 Å². The van der Waals surface area contributed by atoms with Crippen LogP contribution in [-0.2, 0) is 11.3 Å². The van der Waals surface area contributed by atoms with Gasteiger partial charge in [-0.3, -0.25) is 9.79 Å². The number of hydrogen-bond acceptors (Lipinski definition) is 2. The molecule has 68 valence electrons. The van der Waals surface area contributed by atoms with E-state index in [9.17, 15) is 4.79 Å². The number of rotatable bonds is 4. The molecule has 1 aromatic carbocycles. The Bertz CT molecular complexity index is 282. The summed E-state index contributed by atoms with van der Waals surface area (Å²) in [6.45, 7) is 3.93. The van der Waals surface area contributed by atoms with Crippen molar-refractivity contribution < 1.29 is 4.79 Å². The number of benzene rings is 1. The highest BCUT2D eigenvalue weighted by Gasteiger charge is 1.97. The van der Waals surface area contributed by atoms with Crippen LogP contribution in [-0.4, -0.2) is 19.2 Å². The molecule has 0 spiro atoms. The van der Waals surface area contributed by atoms with E-state index in [4.69, 9.17) is 0 Å². The number of nitrogens with one attached hydrogen (secondary N) is 1. The van der Waals surface area contributed by atoms with Gasteiger partial charge >= 0.3 is 0 Å². The molecule has 0 aliphatic rings. The van der Waals surface area contributed by atoms with Crippen molar-refractivity contribution in [2.75, 3.05) is 6.54 Å². The fourth-order valence-electron chi connectivity index (χ4n) is 0.954. The van der Waals surface area contributed by atoms with Crippen molar-refractivity contribution in [3.05, 3.63) is 35.9 Å². The van der Waals surface area contributed by atoms with E-state index in [0.29, 0.717) is 6.54 Å². The first-order valence-electron chi connectivity index (χ1n) is 4.06. The second-order valence-electron chi connectivity index (χ2n) is 2.64. The Morgan fingerprint density at radius 2 is 2.08 bits per heavy atom.